The molecule has 0 bridgehead atoms. The van der Waals surface area contributed by atoms with E-state index in [1.807, 2.05) is 12.2 Å². The molecule has 0 saturated carbocycles. The first-order valence-electron chi connectivity index (χ1n) is 11.7. The third-order valence-corrected chi connectivity index (χ3v) is 5.69. The molecule has 0 radical (unpaired) electrons. The Morgan fingerprint density at radius 1 is 0.552 bits per heavy atom. The van der Waals surface area contributed by atoms with Gasteiger partial charge in [-0.25, -0.2) is 0 Å². The van der Waals surface area contributed by atoms with E-state index in [4.69, 9.17) is 0 Å². The van der Waals surface area contributed by atoms with Crippen molar-refractivity contribution in [1.82, 2.24) is 0 Å². The molecular formula is C25H42O4-2. The molecule has 0 N–H and O–H groups in total. The lowest BCUT2D eigenvalue weighted by atomic mass is 9.90. The number of hydrogen-bond acceptors (Lipinski definition) is 4. The molecule has 0 amide bonds. The topological polar surface area (TPSA) is 80.3 Å². The number of carboxylic acids is 2. The zero-order valence-electron chi connectivity index (χ0n) is 18.4. The quantitative estimate of drug-likeness (QED) is 0.192. The average molecular weight is 407 g/mol. The van der Waals surface area contributed by atoms with Crippen LogP contribution in [0.3, 0.4) is 0 Å². The predicted octanol–water partition coefficient (Wildman–Crippen LogP) is 4.72. The second kappa shape index (κ2) is 19.7. The van der Waals surface area contributed by atoms with Crippen LogP contribution in [0.15, 0.2) is 25.3 Å². The minimum Gasteiger partial charge on any atom is -0.550 e. The highest BCUT2D eigenvalue weighted by Gasteiger charge is 2.14. The van der Waals surface area contributed by atoms with Crippen molar-refractivity contribution in [2.45, 2.75) is 109 Å². The van der Waals surface area contributed by atoms with Crippen molar-refractivity contribution in [1.29, 1.82) is 0 Å². The fourth-order valence-electron chi connectivity index (χ4n) is 3.79. The molecular weight excluding hydrogens is 364 g/mol. The number of allylic oxidation sites excluding steroid dienone is 2. The first-order chi connectivity index (χ1) is 14.0. The van der Waals surface area contributed by atoms with Crippen LogP contribution in [0.4, 0.5) is 0 Å². The van der Waals surface area contributed by atoms with E-state index in [1.54, 1.807) is 0 Å². The maximum Gasteiger partial charge on any atom is 0.0445 e. The molecule has 4 nitrogen and oxygen atoms in total. The molecule has 0 aromatic rings. The summed E-state index contributed by atoms with van der Waals surface area (Å²) in [5, 5.41) is 22.8. The van der Waals surface area contributed by atoms with Gasteiger partial charge >= 0.3 is 0 Å². The number of unbranched alkanes of at least 4 members (excludes halogenated alkanes) is 10. The van der Waals surface area contributed by atoms with Gasteiger partial charge in [0.2, 0.25) is 0 Å². The predicted molar refractivity (Wildman–Crippen MR) is 116 cm³/mol. The van der Waals surface area contributed by atoms with Crippen LogP contribution in [0, 0.1) is 11.8 Å². The molecule has 0 heterocycles. The van der Waals surface area contributed by atoms with E-state index in [0.717, 1.165) is 77.0 Å². The Balaban J connectivity index is 3.98. The van der Waals surface area contributed by atoms with Crippen molar-refractivity contribution >= 4 is 11.9 Å². The van der Waals surface area contributed by atoms with Crippen LogP contribution in [-0.2, 0) is 9.59 Å². The van der Waals surface area contributed by atoms with Gasteiger partial charge < -0.3 is 19.8 Å². The Morgan fingerprint density at radius 2 is 0.862 bits per heavy atom. The van der Waals surface area contributed by atoms with Crippen molar-refractivity contribution in [3.05, 3.63) is 25.3 Å². The van der Waals surface area contributed by atoms with Crippen molar-refractivity contribution in [2.75, 3.05) is 0 Å². The van der Waals surface area contributed by atoms with Gasteiger partial charge in [0, 0.05) is 11.9 Å². The monoisotopic (exact) mass is 406 g/mol. The first kappa shape index (κ1) is 27.4. The van der Waals surface area contributed by atoms with Crippen LogP contribution in [-0.4, -0.2) is 11.9 Å². The third kappa shape index (κ3) is 17.0. The highest BCUT2D eigenvalue weighted by Crippen LogP contribution is 2.22. The van der Waals surface area contributed by atoms with Gasteiger partial charge in [0.25, 0.3) is 0 Å². The van der Waals surface area contributed by atoms with Crippen molar-refractivity contribution in [3.63, 3.8) is 0 Å². The molecule has 0 aromatic heterocycles. The summed E-state index contributed by atoms with van der Waals surface area (Å²) in [4.78, 5) is 22.8. The Labute approximate surface area is 178 Å². The number of carbonyl (C=O) groups is 2. The normalized spacial score (nSPS) is 13.0. The van der Waals surface area contributed by atoms with Crippen LogP contribution in [0.5, 0.6) is 0 Å². The molecule has 0 rings (SSSR count). The van der Waals surface area contributed by atoms with Crippen molar-refractivity contribution in [2.24, 2.45) is 11.8 Å². The van der Waals surface area contributed by atoms with Crippen LogP contribution in [0.25, 0.3) is 0 Å². The molecule has 2 atom stereocenters. The SMILES string of the molecule is C=CCCCCCCCC(CCCC(CCCCCCCC=C)C(=O)[O-])C(=O)[O-]. The summed E-state index contributed by atoms with van der Waals surface area (Å²) in [6.07, 6.45) is 19.5. The Bertz CT molecular complexity index is 404. The van der Waals surface area contributed by atoms with Gasteiger partial charge in [-0.3, -0.25) is 0 Å². The van der Waals surface area contributed by atoms with E-state index < -0.39 is 23.8 Å². The molecule has 0 fully saturated rings. The summed E-state index contributed by atoms with van der Waals surface area (Å²) in [7, 11) is 0. The lowest BCUT2D eigenvalue weighted by Gasteiger charge is -2.21. The number of hydrogen-bond donors (Lipinski definition) is 0. The Kier molecular flexibility index (Phi) is 18.6. The Morgan fingerprint density at radius 3 is 1.21 bits per heavy atom. The van der Waals surface area contributed by atoms with E-state index in [2.05, 4.69) is 13.2 Å². The lowest BCUT2D eigenvalue weighted by molar-refractivity contribution is -0.312. The van der Waals surface area contributed by atoms with E-state index in [1.165, 1.54) is 0 Å². The first-order valence-corrected chi connectivity index (χ1v) is 11.7. The molecule has 2 unspecified atom stereocenters. The molecule has 29 heavy (non-hydrogen) atoms. The van der Waals surface area contributed by atoms with Gasteiger partial charge in [0.1, 0.15) is 0 Å². The number of carbonyl (C=O) groups excluding carboxylic acids is 2. The summed E-state index contributed by atoms with van der Waals surface area (Å²) in [6, 6.07) is 0. The van der Waals surface area contributed by atoms with Gasteiger partial charge in [0.05, 0.1) is 0 Å². The minimum atomic E-state index is -0.999. The fraction of sp³-hybridized carbons (Fsp3) is 0.760. The summed E-state index contributed by atoms with van der Waals surface area (Å²) in [5.41, 5.74) is 0. The van der Waals surface area contributed by atoms with E-state index in [-0.39, 0.29) is 0 Å². The third-order valence-electron chi connectivity index (χ3n) is 5.69. The van der Waals surface area contributed by atoms with Crippen LogP contribution >= 0.6 is 0 Å². The molecule has 0 aliphatic carbocycles. The second-order valence-electron chi connectivity index (χ2n) is 8.23. The zero-order valence-corrected chi connectivity index (χ0v) is 18.4. The highest BCUT2D eigenvalue weighted by atomic mass is 16.4. The minimum absolute atomic E-state index is 0.463. The maximum absolute atomic E-state index is 11.4. The zero-order chi connectivity index (χ0) is 21.7. The molecule has 168 valence electrons. The standard InChI is InChI=1S/C25H44O4/c1-3-5-7-9-11-13-15-18-22(24(26)27)20-17-21-23(25(28)29)19-16-14-12-10-8-6-4-2/h3-4,22-23H,1-2,5-21H2,(H,26,27)(H,28,29)/p-2. The van der Waals surface area contributed by atoms with Gasteiger partial charge in [-0.1, -0.05) is 69.9 Å². The van der Waals surface area contributed by atoms with E-state index >= 15 is 0 Å². The summed E-state index contributed by atoms with van der Waals surface area (Å²) in [5.74, 6) is -2.92. The average Bonchev–Trinajstić information content (AvgIpc) is 2.69. The number of carboxylic acid groups (broad SMARTS) is 2. The Hall–Kier alpha value is -1.58. The number of rotatable bonds is 22. The van der Waals surface area contributed by atoms with Crippen molar-refractivity contribution < 1.29 is 19.8 Å². The van der Waals surface area contributed by atoms with Crippen LogP contribution in [0.2, 0.25) is 0 Å². The molecule has 0 spiro atoms. The molecule has 4 heteroatoms. The second-order valence-corrected chi connectivity index (χ2v) is 8.23. The van der Waals surface area contributed by atoms with Gasteiger partial charge in [-0.2, -0.15) is 0 Å². The maximum atomic E-state index is 11.4. The molecule has 0 aliphatic rings. The van der Waals surface area contributed by atoms with Gasteiger partial charge in [-0.15, -0.1) is 13.2 Å². The van der Waals surface area contributed by atoms with Gasteiger partial charge in [0.15, 0.2) is 0 Å². The highest BCUT2D eigenvalue weighted by molar-refractivity contribution is 5.68. The summed E-state index contributed by atoms with van der Waals surface area (Å²) >= 11 is 0. The lowest BCUT2D eigenvalue weighted by Crippen LogP contribution is -2.33. The summed E-state index contributed by atoms with van der Waals surface area (Å²) < 4.78 is 0. The molecule has 0 aromatic carbocycles. The van der Waals surface area contributed by atoms with E-state index in [0.29, 0.717) is 32.1 Å². The van der Waals surface area contributed by atoms with Crippen molar-refractivity contribution in [3.8, 4) is 0 Å². The van der Waals surface area contributed by atoms with E-state index in [9.17, 15) is 19.8 Å². The molecule has 0 saturated heterocycles. The smallest absolute Gasteiger partial charge is 0.0445 e. The van der Waals surface area contributed by atoms with Gasteiger partial charge in [-0.05, 0) is 63.2 Å². The van der Waals surface area contributed by atoms with Crippen LogP contribution < -0.4 is 10.2 Å². The molecule has 0 aliphatic heterocycles. The van der Waals surface area contributed by atoms with Crippen LogP contribution in [0.1, 0.15) is 109 Å². The number of aliphatic carboxylic acids is 2. The summed E-state index contributed by atoms with van der Waals surface area (Å²) in [6.45, 7) is 7.41. The largest absolute Gasteiger partial charge is 0.550 e. The fourth-order valence-corrected chi connectivity index (χ4v) is 3.79.